The number of carbonyl (C=O) groups is 1. The van der Waals surface area contributed by atoms with Crippen LogP contribution in [0.4, 0.5) is 0 Å². The average molecular weight is 166 g/mol. The van der Waals surface area contributed by atoms with Gasteiger partial charge in [-0.25, -0.2) is 0 Å². The van der Waals surface area contributed by atoms with E-state index in [9.17, 15) is 4.79 Å². The molecule has 2 nitrogen and oxygen atoms in total. The highest BCUT2D eigenvalue weighted by atomic mass is 16.5. The summed E-state index contributed by atoms with van der Waals surface area (Å²) in [5.41, 5.74) is 0.580. The van der Waals surface area contributed by atoms with Crippen LogP contribution >= 0.6 is 0 Å². The Kier molecular flexibility index (Phi) is 5.18. The summed E-state index contributed by atoms with van der Waals surface area (Å²) < 4.78 is 5.10. The lowest BCUT2D eigenvalue weighted by Crippen LogP contribution is -2.02. The van der Waals surface area contributed by atoms with Gasteiger partial charge in [-0.15, -0.1) is 0 Å². The highest BCUT2D eigenvalue weighted by molar-refractivity contribution is 6.23. The highest BCUT2D eigenvalue weighted by Gasteiger charge is 2.05. The summed E-state index contributed by atoms with van der Waals surface area (Å²) in [5, 5.41) is 0. The van der Waals surface area contributed by atoms with Crippen molar-refractivity contribution in [3.8, 4) is 0 Å². The fraction of sp³-hybridized carbons (Fsp3) is 0.444. The maximum absolute atomic E-state index is 11.1. The van der Waals surface area contributed by atoms with Crippen LogP contribution in [0.5, 0.6) is 0 Å². The molecular weight excluding hydrogens is 151 g/mol. The molecule has 0 N–H and O–H groups in total. The second kappa shape index (κ2) is 5.64. The summed E-state index contributed by atoms with van der Waals surface area (Å²) in [6.45, 7) is 9.80. The molecule has 0 aromatic rings. The standard InChI is InChI=1S/C9H15BO2/c1-4-12-8(3)5-7(2)9(11)6-10/h2-6,10H2,1H3. The summed E-state index contributed by atoms with van der Waals surface area (Å²) in [6.07, 6.45) is 0.957. The Labute approximate surface area is 74.7 Å². The molecule has 0 aromatic carbocycles. The first kappa shape index (κ1) is 11.0. The van der Waals surface area contributed by atoms with E-state index in [1.54, 1.807) is 0 Å². The van der Waals surface area contributed by atoms with Crippen LogP contribution in [0.15, 0.2) is 24.5 Å². The van der Waals surface area contributed by atoms with Crippen LogP contribution in [0.25, 0.3) is 0 Å². The van der Waals surface area contributed by atoms with Gasteiger partial charge in [0.2, 0.25) is 0 Å². The van der Waals surface area contributed by atoms with E-state index in [1.807, 2.05) is 14.8 Å². The first-order chi connectivity index (χ1) is 5.61. The van der Waals surface area contributed by atoms with Crippen LogP contribution in [-0.2, 0) is 9.53 Å². The van der Waals surface area contributed by atoms with Crippen molar-refractivity contribution in [3.63, 3.8) is 0 Å². The maximum Gasteiger partial charge on any atom is 0.150 e. The topological polar surface area (TPSA) is 26.3 Å². The Bertz CT molecular complexity index is 197. The molecule has 0 spiro atoms. The van der Waals surface area contributed by atoms with Gasteiger partial charge in [-0.2, -0.15) is 0 Å². The van der Waals surface area contributed by atoms with Gasteiger partial charge in [-0.3, -0.25) is 4.79 Å². The lowest BCUT2D eigenvalue weighted by Gasteiger charge is -2.07. The number of hydrogen-bond donors (Lipinski definition) is 0. The summed E-state index contributed by atoms with van der Waals surface area (Å²) >= 11 is 0. The van der Waals surface area contributed by atoms with Crippen LogP contribution in [0.3, 0.4) is 0 Å². The van der Waals surface area contributed by atoms with Gasteiger partial charge in [0.1, 0.15) is 7.85 Å². The Morgan fingerprint density at radius 2 is 2.08 bits per heavy atom. The molecule has 0 aliphatic carbocycles. The fourth-order valence-corrected chi connectivity index (χ4v) is 0.842. The average Bonchev–Trinajstić information content (AvgIpc) is 2.03. The van der Waals surface area contributed by atoms with E-state index in [0.717, 1.165) is 0 Å². The van der Waals surface area contributed by atoms with E-state index < -0.39 is 0 Å². The van der Waals surface area contributed by atoms with Gasteiger partial charge in [0.05, 0.1) is 12.4 Å². The second-order valence-corrected chi connectivity index (χ2v) is 2.53. The lowest BCUT2D eigenvalue weighted by molar-refractivity contribution is -0.113. The molecule has 0 heterocycles. The van der Waals surface area contributed by atoms with Crippen molar-refractivity contribution in [2.75, 3.05) is 6.61 Å². The molecule has 3 heteroatoms. The predicted molar refractivity (Wildman–Crippen MR) is 52.9 cm³/mol. The quantitative estimate of drug-likeness (QED) is 0.335. The van der Waals surface area contributed by atoms with E-state index in [1.165, 1.54) is 0 Å². The Morgan fingerprint density at radius 3 is 2.50 bits per heavy atom. The summed E-state index contributed by atoms with van der Waals surface area (Å²) in [6, 6.07) is 0. The minimum atomic E-state index is 0.0795. The van der Waals surface area contributed by atoms with Crippen molar-refractivity contribution in [2.24, 2.45) is 0 Å². The number of hydrogen-bond acceptors (Lipinski definition) is 2. The van der Waals surface area contributed by atoms with Crippen LogP contribution in [0.2, 0.25) is 6.32 Å². The minimum Gasteiger partial charge on any atom is -0.498 e. The SMILES string of the molecule is BCC(=O)C(=C)CC(=C)OCC. The van der Waals surface area contributed by atoms with Crippen LogP contribution in [0.1, 0.15) is 13.3 Å². The van der Waals surface area contributed by atoms with Gasteiger partial charge in [0, 0.05) is 6.42 Å². The van der Waals surface area contributed by atoms with Gasteiger partial charge < -0.3 is 4.74 Å². The highest BCUT2D eigenvalue weighted by Crippen LogP contribution is 2.10. The normalized spacial score (nSPS) is 9.08. The first-order valence-electron chi connectivity index (χ1n) is 4.13. The zero-order valence-corrected chi connectivity index (χ0v) is 7.85. The number of rotatable bonds is 6. The lowest BCUT2D eigenvalue weighted by atomic mass is 9.95. The molecule has 66 valence electrons. The number of ether oxygens (including phenoxy) is 1. The molecule has 0 unspecified atom stereocenters. The Balaban J connectivity index is 3.84. The molecule has 0 bridgehead atoms. The Hall–Kier alpha value is -0.985. The third-order valence-electron chi connectivity index (χ3n) is 1.47. The molecule has 12 heavy (non-hydrogen) atoms. The smallest absolute Gasteiger partial charge is 0.150 e. The molecule has 0 atom stereocenters. The number of allylic oxidation sites excluding steroid dienone is 1. The van der Waals surface area contributed by atoms with Gasteiger partial charge in [-0.1, -0.05) is 13.2 Å². The molecule has 0 amide bonds. The second-order valence-electron chi connectivity index (χ2n) is 2.53. The van der Waals surface area contributed by atoms with Crippen molar-refractivity contribution in [1.82, 2.24) is 0 Å². The third-order valence-corrected chi connectivity index (χ3v) is 1.47. The van der Waals surface area contributed by atoms with Crippen LogP contribution in [0, 0.1) is 0 Å². The number of Topliss-reactive ketones (excluding diaryl/α,β-unsaturated/α-hetero) is 1. The predicted octanol–water partition coefficient (Wildman–Crippen LogP) is 1.10. The molecule has 0 rings (SSSR count). The van der Waals surface area contributed by atoms with E-state index in [0.29, 0.717) is 30.7 Å². The first-order valence-corrected chi connectivity index (χ1v) is 4.13. The molecule has 0 radical (unpaired) electrons. The fourth-order valence-electron chi connectivity index (χ4n) is 0.842. The van der Waals surface area contributed by atoms with Crippen LogP contribution in [-0.4, -0.2) is 20.2 Å². The summed E-state index contributed by atoms with van der Waals surface area (Å²) in [5.74, 6) is 0.695. The van der Waals surface area contributed by atoms with Crippen molar-refractivity contribution in [2.45, 2.75) is 19.7 Å². The largest absolute Gasteiger partial charge is 0.498 e. The van der Waals surface area contributed by atoms with Gasteiger partial charge in [0.25, 0.3) is 0 Å². The number of carbonyl (C=O) groups excluding carboxylic acids is 1. The maximum atomic E-state index is 11.1. The number of ketones is 1. The van der Waals surface area contributed by atoms with Crippen molar-refractivity contribution >= 4 is 13.6 Å². The van der Waals surface area contributed by atoms with E-state index in [2.05, 4.69) is 13.2 Å². The molecule has 0 aromatic heterocycles. The molecular formula is C9H15BO2. The molecule has 0 aliphatic heterocycles. The van der Waals surface area contributed by atoms with Crippen molar-refractivity contribution in [3.05, 3.63) is 24.5 Å². The van der Waals surface area contributed by atoms with Gasteiger partial charge in [-0.05, 0) is 18.8 Å². The van der Waals surface area contributed by atoms with Crippen molar-refractivity contribution in [1.29, 1.82) is 0 Å². The van der Waals surface area contributed by atoms with E-state index >= 15 is 0 Å². The van der Waals surface area contributed by atoms with Gasteiger partial charge in [0.15, 0.2) is 5.78 Å². The monoisotopic (exact) mass is 166 g/mol. The molecule has 0 saturated heterocycles. The Morgan fingerprint density at radius 1 is 1.50 bits per heavy atom. The molecule has 0 saturated carbocycles. The minimum absolute atomic E-state index is 0.0795. The third kappa shape index (κ3) is 4.01. The summed E-state index contributed by atoms with van der Waals surface area (Å²) in [7, 11) is 1.82. The van der Waals surface area contributed by atoms with Crippen molar-refractivity contribution < 1.29 is 9.53 Å². The molecule has 0 fully saturated rings. The zero-order chi connectivity index (χ0) is 9.56. The molecule has 0 aliphatic rings. The zero-order valence-electron chi connectivity index (χ0n) is 7.85. The van der Waals surface area contributed by atoms with Gasteiger partial charge >= 0.3 is 0 Å². The van der Waals surface area contributed by atoms with E-state index in [4.69, 9.17) is 4.74 Å². The summed E-state index contributed by atoms with van der Waals surface area (Å²) in [4.78, 5) is 11.1. The van der Waals surface area contributed by atoms with Crippen LogP contribution < -0.4 is 0 Å². The van der Waals surface area contributed by atoms with E-state index in [-0.39, 0.29) is 5.78 Å².